The molecule has 14 heavy (non-hydrogen) atoms. The maximum Gasteiger partial charge on any atom is 0.0774 e. The average molecular weight is 225 g/mol. The number of aliphatic hydroxyl groups excluding tert-OH is 1. The van der Waals surface area contributed by atoms with Crippen molar-refractivity contribution in [1.82, 2.24) is 0 Å². The minimum absolute atomic E-state index is 0.109. The summed E-state index contributed by atoms with van der Waals surface area (Å²) in [6.07, 6.45) is 0. The van der Waals surface area contributed by atoms with Crippen LogP contribution in [0.1, 0.15) is 4.88 Å². The Balaban J connectivity index is 2.34. The highest BCUT2D eigenvalue weighted by Gasteiger charge is 2.01. The quantitative estimate of drug-likeness (QED) is 0.827. The lowest BCUT2D eigenvalue weighted by atomic mass is 10.2. The van der Waals surface area contributed by atoms with Crippen LogP contribution < -0.4 is 0 Å². The van der Waals surface area contributed by atoms with Gasteiger partial charge in [-0.2, -0.15) is 0 Å². The maximum atomic E-state index is 8.93. The Bertz CT molecular complexity index is 419. The Labute approximate surface area is 91.6 Å². The molecule has 3 heteroatoms. The van der Waals surface area contributed by atoms with Crippen LogP contribution in [0, 0.1) is 0 Å². The van der Waals surface area contributed by atoms with Crippen LogP contribution in [0.4, 0.5) is 0 Å². The molecule has 72 valence electrons. The number of aliphatic hydroxyl groups is 1. The molecule has 1 aromatic carbocycles. The SMILES string of the molecule is OCc1ccc(-c2ccc(Cl)cc2)s1. The Morgan fingerprint density at radius 1 is 1.07 bits per heavy atom. The first-order valence-corrected chi connectivity index (χ1v) is 5.44. The molecule has 0 aliphatic rings. The Kier molecular flexibility index (Phi) is 2.87. The molecular weight excluding hydrogens is 216 g/mol. The van der Waals surface area contributed by atoms with E-state index in [1.165, 1.54) is 0 Å². The van der Waals surface area contributed by atoms with Crippen molar-refractivity contribution in [2.75, 3.05) is 0 Å². The zero-order valence-electron chi connectivity index (χ0n) is 7.40. The molecule has 1 aromatic heterocycles. The van der Waals surface area contributed by atoms with Crippen LogP contribution in [-0.4, -0.2) is 5.11 Å². The van der Waals surface area contributed by atoms with Gasteiger partial charge in [0.15, 0.2) is 0 Å². The van der Waals surface area contributed by atoms with E-state index in [9.17, 15) is 0 Å². The molecule has 0 bridgehead atoms. The lowest BCUT2D eigenvalue weighted by molar-refractivity contribution is 0.285. The number of hydrogen-bond donors (Lipinski definition) is 1. The van der Waals surface area contributed by atoms with Gasteiger partial charge in [-0.25, -0.2) is 0 Å². The number of thiophene rings is 1. The standard InChI is InChI=1S/C11H9ClOS/c12-9-3-1-8(2-4-9)11-6-5-10(7-13)14-11/h1-6,13H,7H2. The number of halogens is 1. The first kappa shape index (κ1) is 9.71. The Morgan fingerprint density at radius 2 is 1.79 bits per heavy atom. The van der Waals surface area contributed by atoms with Crippen LogP contribution in [0.25, 0.3) is 10.4 Å². The van der Waals surface area contributed by atoms with Crippen molar-refractivity contribution in [2.24, 2.45) is 0 Å². The molecule has 0 spiro atoms. The molecule has 1 heterocycles. The second kappa shape index (κ2) is 4.13. The van der Waals surface area contributed by atoms with Gasteiger partial charge in [0, 0.05) is 14.8 Å². The highest BCUT2D eigenvalue weighted by molar-refractivity contribution is 7.15. The molecule has 1 N–H and O–H groups in total. The second-order valence-electron chi connectivity index (χ2n) is 2.93. The predicted octanol–water partition coefficient (Wildman–Crippen LogP) is 3.56. The summed E-state index contributed by atoms with van der Waals surface area (Å²) in [5.74, 6) is 0. The van der Waals surface area contributed by atoms with Gasteiger partial charge in [-0.1, -0.05) is 23.7 Å². The van der Waals surface area contributed by atoms with E-state index in [1.807, 2.05) is 36.4 Å². The van der Waals surface area contributed by atoms with Crippen LogP contribution in [0.3, 0.4) is 0 Å². The molecule has 0 amide bonds. The largest absolute Gasteiger partial charge is 0.391 e. The molecule has 0 saturated heterocycles. The summed E-state index contributed by atoms with van der Waals surface area (Å²) in [5.41, 5.74) is 1.14. The molecule has 0 fully saturated rings. The Hall–Kier alpha value is -0.830. The average Bonchev–Trinajstić information content (AvgIpc) is 2.67. The number of rotatable bonds is 2. The third kappa shape index (κ3) is 1.98. The van der Waals surface area contributed by atoms with Gasteiger partial charge in [0.1, 0.15) is 0 Å². The zero-order valence-corrected chi connectivity index (χ0v) is 8.98. The molecule has 0 unspecified atom stereocenters. The van der Waals surface area contributed by atoms with Crippen LogP contribution >= 0.6 is 22.9 Å². The fourth-order valence-electron chi connectivity index (χ4n) is 1.23. The lowest BCUT2D eigenvalue weighted by Gasteiger charge is -1.96. The minimum Gasteiger partial charge on any atom is -0.391 e. The second-order valence-corrected chi connectivity index (χ2v) is 4.54. The number of benzene rings is 1. The van der Waals surface area contributed by atoms with Crippen molar-refractivity contribution < 1.29 is 5.11 Å². The summed E-state index contributed by atoms with van der Waals surface area (Å²) in [4.78, 5) is 2.14. The summed E-state index contributed by atoms with van der Waals surface area (Å²) in [5, 5.41) is 9.67. The third-order valence-corrected chi connectivity index (χ3v) is 3.32. The van der Waals surface area contributed by atoms with E-state index < -0.39 is 0 Å². The molecule has 0 saturated carbocycles. The van der Waals surface area contributed by atoms with E-state index >= 15 is 0 Å². The topological polar surface area (TPSA) is 20.2 Å². The molecule has 0 atom stereocenters. The zero-order chi connectivity index (χ0) is 9.97. The summed E-state index contributed by atoms with van der Waals surface area (Å²) >= 11 is 7.39. The van der Waals surface area contributed by atoms with E-state index in [0.29, 0.717) is 0 Å². The van der Waals surface area contributed by atoms with Crippen molar-refractivity contribution in [3.8, 4) is 10.4 Å². The molecule has 2 aromatic rings. The highest BCUT2D eigenvalue weighted by Crippen LogP contribution is 2.28. The smallest absolute Gasteiger partial charge is 0.0774 e. The van der Waals surface area contributed by atoms with E-state index in [-0.39, 0.29) is 6.61 Å². The minimum atomic E-state index is 0.109. The van der Waals surface area contributed by atoms with Gasteiger partial charge in [0.05, 0.1) is 6.61 Å². The van der Waals surface area contributed by atoms with E-state index in [1.54, 1.807) is 11.3 Å². The van der Waals surface area contributed by atoms with Crippen LogP contribution in [0.15, 0.2) is 36.4 Å². The van der Waals surface area contributed by atoms with Crippen molar-refractivity contribution >= 4 is 22.9 Å². The van der Waals surface area contributed by atoms with Crippen molar-refractivity contribution in [3.63, 3.8) is 0 Å². The Morgan fingerprint density at radius 3 is 2.36 bits per heavy atom. The molecule has 0 radical (unpaired) electrons. The molecule has 0 aliphatic carbocycles. The van der Waals surface area contributed by atoms with Gasteiger partial charge in [0.25, 0.3) is 0 Å². The molecule has 0 aliphatic heterocycles. The van der Waals surface area contributed by atoms with Gasteiger partial charge in [-0.3, -0.25) is 0 Å². The summed E-state index contributed by atoms with van der Waals surface area (Å²) in [6.45, 7) is 0.109. The molecular formula is C11H9ClOS. The molecule has 2 rings (SSSR count). The maximum absolute atomic E-state index is 8.93. The van der Waals surface area contributed by atoms with Crippen LogP contribution in [0.2, 0.25) is 5.02 Å². The normalized spacial score (nSPS) is 10.4. The predicted molar refractivity (Wildman–Crippen MR) is 60.7 cm³/mol. The van der Waals surface area contributed by atoms with Crippen LogP contribution in [-0.2, 0) is 6.61 Å². The van der Waals surface area contributed by atoms with Crippen LogP contribution in [0.5, 0.6) is 0 Å². The van der Waals surface area contributed by atoms with E-state index in [4.69, 9.17) is 16.7 Å². The number of hydrogen-bond acceptors (Lipinski definition) is 2. The summed E-state index contributed by atoms with van der Waals surface area (Å²) in [6, 6.07) is 11.7. The summed E-state index contributed by atoms with van der Waals surface area (Å²) in [7, 11) is 0. The van der Waals surface area contributed by atoms with Gasteiger partial charge in [0.2, 0.25) is 0 Å². The van der Waals surface area contributed by atoms with Gasteiger partial charge < -0.3 is 5.11 Å². The fraction of sp³-hybridized carbons (Fsp3) is 0.0909. The molecule has 1 nitrogen and oxygen atoms in total. The van der Waals surface area contributed by atoms with E-state index in [2.05, 4.69) is 0 Å². The van der Waals surface area contributed by atoms with Crippen molar-refractivity contribution in [1.29, 1.82) is 0 Å². The van der Waals surface area contributed by atoms with Crippen molar-refractivity contribution in [3.05, 3.63) is 46.3 Å². The monoisotopic (exact) mass is 224 g/mol. The first-order chi connectivity index (χ1) is 6.79. The van der Waals surface area contributed by atoms with Crippen molar-refractivity contribution in [2.45, 2.75) is 6.61 Å². The van der Waals surface area contributed by atoms with Gasteiger partial charge >= 0.3 is 0 Å². The third-order valence-electron chi connectivity index (χ3n) is 1.95. The van der Waals surface area contributed by atoms with Gasteiger partial charge in [-0.05, 0) is 29.8 Å². The highest BCUT2D eigenvalue weighted by atomic mass is 35.5. The summed E-state index contributed by atoms with van der Waals surface area (Å²) < 4.78 is 0. The van der Waals surface area contributed by atoms with Gasteiger partial charge in [-0.15, -0.1) is 11.3 Å². The lowest BCUT2D eigenvalue weighted by Crippen LogP contribution is -1.71. The van der Waals surface area contributed by atoms with E-state index in [0.717, 1.165) is 20.3 Å². The first-order valence-electron chi connectivity index (χ1n) is 4.25. The fourth-order valence-corrected chi connectivity index (χ4v) is 2.23.